The van der Waals surface area contributed by atoms with E-state index in [9.17, 15) is 4.79 Å². The second-order valence-corrected chi connectivity index (χ2v) is 6.11. The van der Waals surface area contributed by atoms with Crippen LogP contribution in [0.1, 0.15) is 34.1 Å². The van der Waals surface area contributed by atoms with Gasteiger partial charge in [0.2, 0.25) is 5.91 Å². The molecule has 0 aliphatic rings. The van der Waals surface area contributed by atoms with E-state index < -0.39 is 0 Å². The van der Waals surface area contributed by atoms with Gasteiger partial charge in [-0.25, -0.2) is 0 Å². The predicted molar refractivity (Wildman–Crippen MR) is 68.0 cm³/mol. The molecule has 0 aromatic heterocycles. The van der Waals surface area contributed by atoms with Crippen LogP contribution in [0.2, 0.25) is 0 Å². The lowest BCUT2D eigenvalue weighted by atomic mass is 9.99. The fourth-order valence-electron chi connectivity index (χ4n) is 1.00. The van der Waals surface area contributed by atoms with Gasteiger partial charge in [0, 0.05) is 11.3 Å². The van der Waals surface area contributed by atoms with Gasteiger partial charge in [-0.3, -0.25) is 4.79 Å². The van der Waals surface area contributed by atoms with Gasteiger partial charge >= 0.3 is 0 Å². The van der Waals surface area contributed by atoms with Crippen molar-refractivity contribution < 1.29 is 4.79 Å². The normalized spacial score (nSPS) is 15.9. The van der Waals surface area contributed by atoms with Crippen molar-refractivity contribution in [2.45, 2.75) is 44.9 Å². The van der Waals surface area contributed by atoms with Crippen LogP contribution in [0.25, 0.3) is 0 Å². The second kappa shape index (κ2) is 6.38. The van der Waals surface area contributed by atoms with Crippen LogP contribution in [0.15, 0.2) is 0 Å². The molecule has 15 heavy (non-hydrogen) atoms. The number of rotatable bonds is 6. The Hall–Kier alpha value is -0.220. The molecule has 3 N–H and O–H groups in total. The van der Waals surface area contributed by atoms with Gasteiger partial charge in [-0.2, -0.15) is 11.8 Å². The Morgan fingerprint density at radius 1 is 1.53 bits per heavy atom. The molecule has 0 aromatic carbocycles. The van der Waals surface area contributed by atoms with E-state index in [2.05, 4.69) is 19.2 Å². The Balaban J connectivity index is 4.04. The quantitative estimate of drug-likeness (QED) is 0.731. The van der Waals surface area contributed by atoms with Gasteiger partial charge in [0.25, 0.3) is 0 Å². The molecule has 90 valence electrons. The van der Waals surface area contributed by atoms with E-state index in [4.69, 9.17) is 5.73 Å². The lowest BCUT2D eigenvalue weighted by molar-refractivity contribution is -0.123. The molecule has 0 aliphatic heterocycles. The first-order valence-electron chi connectivity index (χ1n) is 5.42. The Morgan fingerprint density at radius 2 is 2.07 bits per heavy atom. The number of hydrogen-bond donors (Lipinski definition) is 2. The highest BCUT2D eigenvalue weighted by Gasteiger charge is 2.22. The Labute approximate surface area is 97.6 Å². The minimum atomic E-state index is -0.382. The highest BCUT2D eigenvalue weighted by Crippen LogP contribution is 2.19. The zero-order valence-corrected chi connectivity index (χ0v) is 11.3. The molecule has 0 radical (unpaired) electrons. The van der Waals surface area contributed by atoms with E-state index in [0.717, 1.165) is 6.42 Å². The van der Waals surface area contributed by atoms with Crippen LogP contribution < -0.4 is 11.1 Å². The first-order valence-corrected chi connectivity index (χ1v) is 6.65. The molecule has 4 heteroatoms. The number of hydrogen-bond acceptors (Lipinski definition) is 3. The van der Waals surface area contributed by atoms with E-state index in [1.165, 1.54) is 0 Å². The lowest BCUT2D eigenvalue weighted by Crippen LogP contribution is -2.47. The average molecular weight is 232 g/mol. The molecule has 2 unspecified atom stereocenters. The summed E-state index contributed by atoms with van der Waals surface area (Å²) in [5, 5.41) is 2.90. The monoisotopic (exact) mass is 232 g/mol. The summed E-state index contributed by atoms with van der Waals surface area (Å²) in [5.74, 6) is 0.203. The topological polar surface area (TPSA) is 55.1 Å². The van der Waals surface area contributed by atoms with Crippen LogP contribution in [0.4, 0.5) is 0 Å². The number of thioether (sulfide) groups is 1. The molecule has 3 nitrogen and oxygen atoms in total. The highest BCUT2D eigenvalue weighted by atomic mass is 32.2. The Kier molecular flexibility index (Phi) is 6.29. The lowest BCUT2D eigenvalue weighted by Gasteiger charge is -2.24. The van der Waals surface area contributed by atoms with Gasteiger partial charge in [0.1, 0.15) is 0 Å². The van der Waals surface area contributed by atoms with Crippen LogP contribution in [0.5, 0.6) is 0 Å². The van der Waals surface area contributed by atoms with Crippen molar-refractivity contribution >= 4 is 17.7 Å². The smallest absolute Gasteiger partial charge is 0.237 e. The summed E-state index contributed by atoms with van der Waals surface area (Å²) in [5.41, 5.74) is 5.82. The molecule has 0 fully saturated rings. The number of carbonyl (C=O) groups is 1. The molecule has 0 aromatic rings. The van der Waals surface area contributed by atoms with E-state index in [0.29, 0.717) is 6.54 Å². The first-order chi connectivity index (χ1) is 6.84. The summed E-state index contributed by atoms with van der Waals surface area (Å²) in [4.78, 5) is 11.7. The molecular formula is C11H24N2OS. The molecule has 0 saturated carbocycles. The predicted octanol–water partition coefficient (Wildman–Crippen LogP) is 1.62. The van der Waals surface area contributed by atoms with Crippen LogP contribution in [-0.4, -0.2) is 29.5 Å². The molecule has 0 spiro atoms. The third-order valence-corrected chi connectivity index (χ3v) is 4.05. The maximum absolute atomic E-state index is 11.7. The SMILES string of the molecule is CCC(C)C(N)C(=O)NCC(C)(C)SC. The van der Waals surface area contributed by atoms with Crippen LogP contribution in [-0.2, 0) is 4.79 Å². The maximum atomic E-state index is 11.7. The number of amides is 1. The maximum Gasteiger partial charge on any atom is 0.237 e. The van der Waals surface area contributed by atoms with Crippen molar-refractivity contribution in [2.24, 2.45) is 11.7 Å². The summed E-state index contributed by atoms with van der Waals surface area (Å²) in [6.07, 6.45) is 2.97. The molecule has 1 amide bonds. The summed E-state index contributed by atoms with van der Waals surface area (Å²) >= 11 is 1.74. The van der Waals surface area contributed by atoms with Crippen molar-refractivity contribution in [3.8, 4) is 0 Å². The Morgan fingerprint density at radius 3 is 2.47 bits per heavy atom. The van der Waals surface area contributed by atoms with Gasteiger partial charge < -0.3 is 11.1 Å². The number of nitrogens with one attached hydrogen (secondary N) is 1. The van der Waals surface area contributed by atoms with Gasteiger partial charge in [-0.05, 0) is 26.0 Å². The summed E-state index contributed by atoms with van der Waals surface area (Å²) in [6.45, 7) is 8.92. The second-order valence-electron chi connectivity index (χ2n) is 4.59. The van der Waals surface area contributed by atoms with Gasteiger partial charge in [0.05, 0.1) is 6.04 Å². The van der Waals surface area contributed by atoms with Gasteiger partial charge in [-0.1, -0.05) is 20.3 Å². The molecule has 0 rings (SSSR count). The highest BCUT2D eigenvalue weighted by molar-refractivity contribution is 7.99. The number of nitrogens with two attached hydrogens (primary N) is 1. The minimum absolute atomic E-state index is 0.0357. The van der Waals surface area contributed by atoms with Gasteiger partial charge in [0.15, 0.2) is 0 Å². The average Bonchev–Trinajstić information content (AvgIpc) is 2.23. The summed E-state index contributed by atoms with van der Waals surface area (Å²) < 4.78 is 0.0742. The summed E-state index contributed by atoms with van der Waals surface area (Å²) in [7, 11) is 0. The molecule has 0 bridgehead atoms. The molecule has 0 saturated heterocycles. The molecular weight excluding hydrogens is 208 g/mol. The van der Waals surface area contributed by atoms with Crippen LogP contribution >= 0.6 is 11.8 Å². The molecule has 0 aliphatic carbocycles. The summed E-state index contributed by atoms with van der Waals surface area (Å²) in [6, 6.07) is -0.382. The largest absolute Gasteiger partial charge is 0.353 e. The first kappa shape index (κ1) is 14.8. The third kappa shape index (κ3) is 5.42. The van der Waals surface area contributed by atoms with Crippen molar-refractivity contribution in [2.75, 3.05) is 12.8 Å². The van der Waals surface area contributed by atoms with Gasteiger partial charge in [-0.15, -0.1) is 0 Å². The fourth-order valence-corrected chi connectivity index (χ4v) is 1.22. The van der Waals surface area contributed by atoms with Crippen LogP contribution in [0, 0.1) is 5.92 Å². The molecule has 0 heterocycles. The van der Waals surface area contributed by atoms with E-state index >= 15 is 0 Å². The van der Waals surface area contributed by atoms with E-state index in [1.54, 1.807) is 11.8 Å². The van der Waals surface area contributed by atoms with E-state index in [-0.39, 0.29) is 22.6 Å². The van der Waals surface area contributed by atoms with Crippen molar-refractivity contribution in [1.82, 2.24) is 5.32 Å². The molecule has 2 atom stereocenters. The van der Waals surface area contributed by atoms with Crippen LogP contribution in [0.3, 0.4) is 0 Å². The van der Waals surface area contributed by atoms with Crippen molar-refractivity contribution in [3.63, 3.8) is 0 Å². The van der Waals surface area contributed by atoms with E-state index in [1.807, 2.05) is 20.1 Å². The van der Waals surface area contributed by atoms with Crippen molar-refractivity contribution in [3.05, 3.63) is 0 Å². The van der Waals surface area contributed by atoms with Crippen molar-refractivity contribution in [1.29, 1.82) is 0 Å². The number of carbonyl (C=O) groups excluding carboxylic acids is 1. The standard InChI is InChI=1S/C11H24N2OS/c1-6-8(2)9(12)10(14)13-7-11(3,4)15-5/h8-9H,6-7,12H2,1-5H3,(H,13,14). The fraction of sp³-hybridized carbons (Fsp3) is 0.909. The Bertz CT molecular complexity index is 207. The zero-order chi connectivity index (χ0) is 12.1. The third-order valence-electron chi connectivity index (χ3n) is 2.80. The minimum Gasteiger partial charge on any atom is -0.353 e. The zero-order valence-electron chi connectivity index (χ0n) is 10.5.